The molecule has 1 aliphatic heterocycles. The second-order valence-corrected chi connectivity index (χ2v) is 11.1. The molecule has 92 valence electrons. The Morgan fingerprint density at radius 2 is 1.62 bits per heavy atom. The summed E-state index contributed by atoms with van der Waals surface area (Å²) < 4.78 is 6.16. The fraction of sp³-hybridized carbons (Fsp3) is 0.846. The molecule has 1 rings (SSSR count). The van der Waals surface area contributed by atoms with E-state index in [9.17, 15) is 0 Å². The Labute approximate surface area is 103 Å². The monoisotopic (exact) mass is 238 g/mol. The van der Waals surface area contributed by atoms with Gasteiger partial charge in [0, 0.05) is 5.31 Å². The molecule has 0 N–H and O–H groups in total. The van der Waals surface area contributed by atoms with Crippen LogP contribution >= 0.6 is 0 Å². The molecule has 0 atom stereocenters. The molecule has 1 heterocycles. The lowest BCUT2D eigenvalue weighted by Gasteiger charge is -2.37. The lowest BCUT2D eigenvalue weighted by molar-refractivity contribution is 0.434. The van der Waals surface area contributed by atoms with Crippen molar-refractivity contribution < 1.29 is 4.65 Å². The lowest BCUT2D eigenvalue weighted by atomic mass is 9.43. The van der Waals surface area contributed by atoms with Gasteiger partial charge in [-0.15, -0.1) is 0 Å². The first-order chi connectivity index (χ1) is 7.33. The largest absolute Gasteiger partial charge is 0.563 e. The van der Waals surface area contributed by atoms with Gasteiger partial charge in [0.1, 0.15) is 0 Å². The van der Waals surface area contributed by atoms with E-state index in [1.807, 2.05) is 0 Å². The number of rotatable bonds is 4. The van der Waals surface area contributed by atoms with Crippen LogP contribution in [0.15, 0.2) is 11.0 Å². The third-order valence-electron chi connectivity index (χ3n) is 4.17. The van der Waals surface area contributed by atoms with Crippen molar-refractivity contribution in [1.82, 2.24) is 0 Å². The Bertz CT molecular complexity index is 287. The van der Waals surface area contributed by atoms with Crippen molar-refractivity contribution in [3.63, 3.8) is 0 Å². The number of hydrogen-bond acceptors (Lipinski definition) is 1. The molecule has 16 heavy (non-hydrogen) atoms. The van der Waals surface area contributed by atoms with E-state index >= 15 is 0 Å². The molecule has 0 fully saturated rings. The second-order valence-electron chi connectivity index (χ2n) is 6.06. The first-order valence-corrected chi connectivity index (χ1v) is 10.2. The van der Waals surface area contributed by atoms with Crippen molar-refractivity contribution in [3.8, 4) is 0 Å². The highest BCUT2D eigenvalue weighted by Crippen LogP contribution is 2.56. The summed E-state index contributed by atoms with van der Waals surface area (Å²) in [6.45, 7) is 16.9. The smallest absolute Gasteiger partial charge is 0.367 e. The summed E-state index contributed by atoms with van der Waals surface area (Å²) in [4.78, 5) is 0. The molecule has 0 amide bonds. The zero-order chi connectivity index (χ0) is 12.6. The molecule has 0 aromatic heterocycles. The highest BCUT2D eigenvalue weighted by molar-refractivity contribution is 6.86. The van der Waals surface area contributed by atoms with Crippen LogP contribution in [0.2, 0.25) is 31.3 Å². The van der Waals surface area contributed by atoms with Crippen LogP contribution in [0.5, 0.6) is 0 Å². The van der Waals surface area contributed by atoms with Crippen molar-refractivity contribution in [2.24, 2.45) is 0 Å². The van der Waals surface area contributed by atoms with E-state index in [2.05, 4.69) is 47.3 Å². The zero-order valence-electron chi connectivity index (χ0n) is 12.1. The second kappa shape index (κ2) is 4.60. The zero-order valence-corrected chi connectivity index (χ0v) is 13.1. The molecule has 0 aromatic carbocycles. The maximum Gasteiger partial charge on any atom is 0.367 e. The standard InChI is InChI=1S/C13H27BOSi/c1-8-13(9-2)12(16(5,6)7)11(4)15-14(13)10-3/h8-10H2,1-7H3. The maximum atomic E-state index is 6.16. The first-order valence-electron chi connectivity index (χ1n) is 6.72. The normalized spacial score (nSPS) is 20.3. The molecule has 0 unspecified atom stereocenters. The topological polar surface area (TPSA) is 9.23 Å². The molecular weight excluding hydrogens is 211 g/mol. The van der Waals surface area contributed by atoms with Gasteiger partial charge in [-0.3, -0.25) is 0 Å². The predicted octanol–water partition coefficient (Wildman–Crippen LogP) is 4.74. The summed E-state index contributed by atoms with van der Waals surface area (Å²) in [5, 5.41) is 2.03. The Balaban J connectivity index is 3.26. The highest BCUT2D eigenvalue weighted by atomic mass is 28.3. The summed E-state index contributed by atoms with van der Waals surface area (Å²) in [5.41, 5.74) is 0. The molecule has 0 aliphatic carbocycles. The minimum atomic E-state index is -1.27. The Morgan fingerprint density at radius 1 is 1.12 bits per heavy atom. The van der Waals surface area contributed by atoms with Crippen LogP contribution in [0.1, 0.15) is 40.5 Å². The predicted molar refractivity (Wildman–Crippen MR) is 76.6 cm³/mol. The van der Waals surface area contributed by atoms with E-state index < -0.39 is 8.07 Å². The molecule has 3 heteroatoms. The third kappa shape index (κ3) is 1.99. The van der Waals surface area contributed by atoms with Crippen LogP contribution in [0.3, 0.4) is 0 Å². The van der Waals surface area contributed by atoms with Gasteiger partial charge in [-0.1, -0.05) is 40.4 Å². The number of allylic oxidation sites excluding steroid dienone is 2. The summed E-state index contributed by atoms with van der Waals surface area (Å²) >= 11 is 0. The maximum absolute atomic E-state index is 6.16. The fourth-order valence-corrected chi connectivity index (χ4v) is 6.83. The lowest BCUT2D eigenvalue weighted by Crippen LogP contribution is -2.38. The summed E-state index contributed by atoms with van der Waals surface area (Å²) in [7, 11) is -1.27. The minimum absolute atomic E-state index is 0.337. The van der Waals surface area contributed by atoms with Gasteiger partial charge in [0.15, 0.2) is 0 Å². The van der Waals surface area contributed by atoms with E-state index in [1.54, 1.807) is 5.20 Å². The fourth-order valence-electron chi connectivity index (χ4n) is 3.70. The van der Waals surface area contributed by atoms with Gasteiger partial charge in [-0.25, -0.2) is 0 Å². The van der Waals surface area contributed by atoms with Crippen LogP contribution in [-0.2, 0) is 4.65 Å². The van der Waals surface area contributed by atoms with E-state index in [4.69, 9.17) is 4.65 Å². The Hall–Kier alpha value is -0.178. The van der Waals surface area contributed by atoms with Crippen LogP contribution in [0.4, 0.5) is 0 Å². The van der Waals surface area contributed by atoms with E-state index in [-0.39, 0.29) is 0 Å². The van der Waals surface area contributed by atoms with Crippen LogP contribution in [0.25, 0.3) is 0 Å². The van der Waals surface area contributed by atoms with Gasteiger partial charge in [0.2, 0.25) is 0 Å². The molecule has 0 saturated heterocycles. The molecule has 0 saturated carbocycles. The van der Waals surface area contributed by atoms with Gasteiger partial charge in [0.05, 0.1) is 13.8 Å². The van der Waals surface area contributed by atoms with Gasteiger partial charge in [-0.05, 0) is 31.3 Å². The Morgan fingerprint density at radius 3 is 1.94 bits per heavy atom. The van der Waals surface area contributed by atoms with Gasteiger partial charge in [-0.2, -0.15) is 0 Å². The van der Waals surface area contributed by atoms with Crippen molar-refractivity contribution in [2.75, 3.05) is 0 Å². The van der Waals surface area contributed by atoms with Gasteiger partial charge in [0.25, 0.3) is 0 Å². The van der Waals surface area contributed by atoms with Crippen LogP contribution < -0.4 is 0 Å². The highest BCUT2D eigenvalue weighted by Gasteiger charge is 2.53. The van der Waals surface area contributed by atoms with E-state index in [1.165, 1.54) is 18.6 Å². The van der Waals surface area contributed by atoms with Crippen LogP contribution in [0, 0.1) is 0 Å². The molecule has 0 bridgehead atoms. The Kier molecular flexibility index (Phi) is 3.99. The van der Waals surface area contributed by atoms with Crippen molar-refractivity contribution >= 4 is 15.0 Å². The molecule has 1 nitrogen and oxygen atoms in total. The molecule has 0 radical (unpaired) electrons. The van der Waals surface area contributed by atoms with Gasteiger partial charge >= 0.3 is 6.92 Å². The minimum Gasteiger partial charge on any atom is -0.563 e. The molecular formula is C13H27BOSi. The molecule has 1 aliphatic rings. The first kappa shape index (κ1) is 13.9. The quantitative estimate of drug-likeness (QED) is 0.643. The van der Waals surface area contributed by atoms with Crippen molar-refractivity contribution in [1.29, 1.82) is 0 Å². The van der Waals surface area contributed by atoms with Crippen molar-refractivity contribution in [3.05, 3.63) is 11.0 Å². The average Bonchev–Trinajstić information content (AvgIpc) is 2.50. The SMILES string of the molecule is CCB1OC(C)=C([Si](C)(C)C)C1(CC)CC. The number of hydrogen-bond donors (Lipinski definition) is 0. The summed E-state index contributed by atoms with van der Waals surface area (Å²) in [5.74, 6) is 1.25. The van der Waals surface area contributed by atoms with Crippen LogP contribution in [-0.4, -0.2) is 15.0 Å². The molecule has 0 spiro atoms. The van der Waals surface area contributed by atoms with E-state index in [0.717, 1.165) is 6.32 Å². The third-order valence-corrected chi connectivity index (χ3v) is 6.52. The van der Waals surface area contributed by atoms with Crippen molar-refractivity contribution in [2.45, 2.75) is 71.8 Å². The van der Waals surface area contributed by atoms with E-state index in [0.29, 0.717) is 12.2 Å². The summed E-state index contributed by atoms with van der Waals surface area (Å²) in [6.07, 6.45) is 3.57. The molecule has 0 aromatic rings. The summed E-state index contributed by atoms with van der Waals surface area (Å²) in [6, 6.07) is 0. The van der Waals surface area contributed by atoms with Gasteiger partial charge < -0.3 is 4.65 Å². The average molecular weight is 238 g/mol.